The summed E-state index contributed by atoms with van der Waals surface area (Å²) in [6.07, 6.45) is 2.08. The van der Waals surface area contributed by atoms with Crippen LogP contribution in [0.5, 0.6) is 0 Å². The van der Waals surface area contributed by atoms with Crippen LogP contribution in [0.1, 0.15) is 33.8 Å². The maximum atomic E-state index is 12.5. The van der Waals surface area contributed by atoms with Gasteiger partial charge >= 0.3 is 0 Å². The van der Waals surface area contributed by atoms with Gasteiger partial charge in [-0.1, -0.05) is 18.2 Å². The summed E-state index contributed by atoms with van der Waals surface area (Å²) in [6, 6.07) is 12.1. The standard InChI is InChI=1S/C16H19NOS2/c1-12(15-5-4-10-20-15)17(2)16(18)14-8-6-13(7-9-14)11-19-3/h4-10,12H,11H2,1-3H3. The van der Waals surface area contributed by atoms with E-state index >= 15 is 0 Å². The van der Waals surface area contributed by atoms with E-state index in [1.807, 2.05) is 42.8 Å². The normalized spacial score (nSPS) is 12.2. The molecule has 0 saturated heterocycles. The molecule has 0 N–H and O–H groups in total. The molecule has 0 radical (unpaired) electrons. The molecule has 4 heteroatoms. The molecule has 0 aliphatic heterocycles. The molecule has 0 fully saturated rings. The zero-order valence-corrected chi connectivity index (χ0v) is 13.6. The third kappa shape index (κ3) is 3.44. The molecule has 1 aromatic heterocycles. The van der Waals surface area contributed by atoms with Gasteiger partial charge in [0.15, 0.2) is 0 Å². The van der Waals surface area contributed by atoms with Crippen molar-refractivity contribution in [3.63, 3.8) is 0 Å². The highest BCUT2D eigenvalue weighted by molar-refractivity contribution is 7.97. The van der Waals surface area contributed by atoms with Crippen molar-refractivity contribution in [3.05, 3.63) is 57.8 Å². The predicted octanol–water partition coefficient (Wildman–Crippen LogP) is 4.44. The van der Waals surface area contributed by atoms with Crippen molar-refractivity contribution in [1.82, 2.24) is 4.90 Å². The number of hydrogen-bond donors (Lipinski definition) is 0. The molecule has 0 aliphatic carbocycles. The van der Waals surface area contributed by atoms with Gasteiger partial charge in [-0.2, -0.15) is 11.8 Å². The lowest BCUT2D eigenvalue weighted by Crippen LogP contribution is -2.29. The zero-order chi connectivity index (χ0) is 14.5. The average Bonchev–Trinajstić information content (AvgIpc) is 3.00. The maximum absolute atomic E-state index is 12.5. The van der Waals surface area contributed by atoms with E-state index in [1.165, 1.54) is 10.4 Å². The first-order valence-corrected chi connectivity index (χ1v) is 8.79. The van der Waals surface area contributed by atoms with Crippen LogP contribution >= 0.6 is 23.1 Å². The SMILES string of the molecule is CSCc1ccc(C(=O)N(C)C(C)c2cccs2)cc1. The summed E-state index contributed by atoms with van der Waals surface area (Å²) in [5.74, 6) is 1.05. The summed E-state index contributed by atoms with van der Waals surface area (Å²) in [5.41, 5.74) is 2.00. The van der Waals surface area contributed by atoms with Gasteiger partial charge < -0.3 is 4.90 Å². The third-order valence-electron chi connectivity index (χ3n) is 3.37. The summed E-state index contributed by atoms with van der Waals surface area (Å²) in [5, 5.41) is 2.04. The lowest BCUT2D eigenvalue weighted by Gasteiger charge is -2.24. The Morgan fingerprint density at radius 2 is 2.00 bits per heavy atom. The van der Waals surface area contributed by atoms with Crippen LogP contribution in [0, 0.1) is 0 Å². The van der Waals surface area contributed by atoms with Crippen LogP contribution in [0.4, 0.5) is 0 Å². The fraction of sp³-hybridized carbons (Fsp3) is 0.312. The lowest BCUT2D eigenvalue weighted by atomic mass is 10.1. The smallest absolute Gasteiger partial charge is 0.254 e. The maximum Gasteiger partial charge on any atom is 0.254 e. The van der Waals surface area contributed by atoms with E-state index in [1.54, 1.807) is 28.0 Å². The molecule has 106 valence electrons. The molecule has 0 aliphatic rings. The molecule has 1 heterocycles. The first kappa shape index (κ1) is 15.1. The Bertz CT molecular complexity index is 548. The number of carbonyl (C=O) groups excluding carboxylic acids is 1. The van der Waals surface area contributed by atoms with Gasteiger partial charge in [-0.15, -0.1) is 11.3 Å². The number of carbonyl (C=O) groups is 1. The molecule has 1 unspecified atom stereocenters. The van der Waals surface area contributed by atoms with E-state index in [2.05, 4.69) is 19.2 Å². The first-order valence-electron chi connectivity index (χ1n) is 6.52. The van der Waals surface area contributed by atoms with Gasteiger partial charge in [0, 0.05) is 23.2 Å². The average molecular weight is 305 g/mol. The van der Waals surface area contributed by atoms with Crippen LogP contribution < -0.4 is 0 Å². The van der Waals surface area contributed by atoms with E-state index < -0.39 is 0 Å². The Labute approximate surface area is 128 Å². The minimum atomic E-state index is 0.0709. The van der Waals surface area contributed by atoms with E-state index in [0.717, 1.165) is 11.3 Å². The van der Waals surface area contributed by atoms with E-state index in [4.69, 9.17) is 0 Å². The van der Waals surface area contributed by atoms with E-state index in [9.17, 15) is 4.79 Å². The highest BCUT2D eigenvalue weighted by Crippen LogP contribution is 2.24. The van der Waals surface area contributed by atoms with Gasteiger partial charge in [-0.05, 0) is 42.3 Å². The minimum Gasteiger partial charge on any atom is -0.334 e. The summed E-state index contributed by atoms with van der Waals surface area (Å²) >= 11 is 3.47. The van der Waals surface area contributed by atoms with Crippen molar-refractivity contribution >= 4 is 29.0 Å². The Hall–Kier alpha value is -1.26. The van der Waals surface area contributed by atoms with Gasteiger partial charge in [-0.25, -0.2) is 0 Å². The first-order chi connectivity index (χ1) is 9.63. The Kier molecular flexibility index (Phi) is 5.26. The van der Waals surface area contributed by atoms with Gasteiger partial charge in [0.1, 0.15) is 0 Å². The van der Waals surface area contributed by atoms with Crippen molar-refractivity contribution in [3.8, 4) is 0 Å². The third-order valence-corrected chi connectivity index (χ3v) is 5.03. The van der Waals surface area contributed by atoms with Crippen molar-refractivity contribution in [2.45, 2.75) is 18.7 Å². The highest BCUT2D eigenvalue weighted by atomic mass is 32.2. The number of rotatable bonds is 5. The summed E-state index contributed by atoms with van der Waals surface area (Å²) in [6.45, 7) is 2.06. The summed E-state index contributed by atoms with van der Waals surface area (Å²) in [4.78, 5) is 15.5. The second-order valence-corrected chi connectivity index (χ2v) is 6.58. The second-order valence-electron chi connectivity index (χ2n) is 4.74. The van der Waals surface area contributed by atoms with Crippen LogP contribution in [0.3, 0.4) is 0 Å². The molecular formula is C16H19NOS2. The van der Waals surface area contributed by atoms with Crippen LogP contribution in [0.15, 0.2) is 41.8 Å². The van der Waals surface area contributed by atoms with E-state index in [-0.39, 0.29) is 11.9 Å². The molecule has 2 nitrogen and oxygen atoms in total. The fourth-order valence-corrected chi connectivity index (χ4v) is 3.36. The fourth-order valence-electron chi connectivity index (χ4n) is 2.01. The van der Waals surface area contributed by atoms with Gasteiger partial charge in [-0.3, -0.25) is 4.79 Å². The molecular weight excluding hydrogens is 286 g/mol. The second kappa shape index (κ2) is 6.95. The van der Waals surface area contributed by atoms with Crippen LogP contribution in [-0.4, -0.2) is 24.1 Å². The van der Waals surface area contributed by atoms with Crippen LogP contribution in [0.25, 0.3) is 0 Å². The van der Waals surface area contributed by atoms with Gasteiger partial charge in [0.2, 0.25) is 0 Å². The molecule has 1 amide bonds. The number of thioether (sulfide) groups is 1. The number of thiophene rings is 1. The molecule has 20 heavy (non-hydrogen) atoms. The summed E-state index contributed by atoms with van der Waals surface area (Å²) in [7, 11) is 1.86. The van der Waals surface area contributed by atoms with Gasteiger partial charge in [0.05, 0.1) is 6.04 Å². The Morgan fingerprint density at radius 1 is 1.30 bits per heavy atom. The van der Waals surface area contributed by atoms with Crippen LogP contribution in [-0.2, 0) is 5.75 Å². The number of hydrogen-bond acceptors (Lipinski definition) is 3. The lowest BCUT2D eigenvalue weighted by molar-refractivity contribution is 0.0745. The number of amides is 1. The highest BCUT2D eigenvalue weighted by Gasteiger charge is 2.19. The Balaban J connectivity index is 2.10. The quantitative estimate of drug-likeness (QED) is 0.813. The van der Waals surface area contributed by atoms with Crippen LogP contribution in [0.2, 0.25) is 0 Å². The molecule has 0 spiro atoms. The van der Waals surface area contributed by atoms with Crippen molar-refractivity contribution in [1.29, 1.82) is 0 Å². The minimum absolute atomic E-state index is 0.0709. The van der Waals surface area contributed by atoms with Crippen molar-refractivity contribution in [2.75, 3.05) is 13.3 Å². The topological polar surface area (TPSA) is 20.3 Å². The molecule has 1 atom stereocenters. The zero-order valence-electron chi connectivity index (χ0n) is 12.0. The molecule has 1 aromatic carbocycles. The number of benzene rings is 1. The summed E-state index contributed by atoms with van der Waals surface area (Å²) < 4.78 is 0. The largest absolute Gasteiger partial charge is 0.334 e. The predicted molar refractivity (Wildman–Crippen MR) is 88.5 cm³/mol. The Morgan fingerprint density at radius 3 is 2.55 bits per heavy atom. The molecule has 0 bridgehead atoms. The van der Waals surface area contributed by atoms with Crippen molar-refractivity contribution < 1.29 is 4.79 Å². The number of nitrogens with zero attached hydrogens (tertiary/aromatic N) is 1. The molecule has 0 saturated carbocycles. The van der Waals surface area contributed by atoms with Crippen molar-refractivity contribution in [2.24, 2.45) is 0 Å². The van der Waals surface area contributed by atoms with E-state index in [0.29, 0.717) is 0 Å². The van der Waals surface area contributed by atoms with Gasteiger partial charge in [0.25, 0.3) is 5.91 Å². The monoisotopic (exact) mass is 305 g/mol. The molecule has 2 rings (SSSR count). The molecule has 2 aromatic rings.